The minimum atomic E-state index is -1.14. The van der Waals surface area contributed by atoms with Gasteiger partial charge in [-0.15, -0.1) is 0 Å². The van der Waals surface area contributed by atoms with E-state index >= 15 is 0 Å². The van der Waals surface area contributed by atoms with Crippen molar-refractivity contribution in [3.05, 3.63) is 0 Å². The van der Waals surface area contributed by atoms with Gasteiger partial charge in [0.25, 0.3) is 0 Å². The highest BCUT2D eigenvalue weighted by molar-refractivity contribution is 9.09. The Morgan fingerprint density at radius 3 is 2.54 bits per heavy atom. The average molecular weight is 255 g/mol. The Kier molecular flexibility index (Phi) is 5.85. The van der Waals surface area contributed by atoms with Crippen LogP contribution in [0.2, 0.25) is 0 Å². The van der Waals surface area contributed by atoms with Crippen molar-refractivity contribution in [1.29, 1.82) is 0 Å². The van der Waals surface area contributed by atoms with E-state index in [1.165, 1.54) is 0 Å². The number of aldehydes is 1. The number of carbonyl (C=O) groups is 2. The first kappa shape index (κ1) is 12.5. The van der Waals surface area contributed by atoms with Crippen LogP contribution in [0.1, 0.15) is 6.92 Å². The van der Waals surface area contributed by atoms with Crippen molar-refractivity contribution in [3.63, 3.8) is 0 Å². The lowest BCUT2D eigenvalue weighted by molar-refractivity contribution is -0.150. The van der Waals surface area contributed by atoms with Crippen LogP contribution in [0.4, 0.5) is 0 Å². The standard InChI is InChI=1S/C7H11BrO5/c1-4(11)13-6(3-10)7(8)5(12)2-9/h3,5-7,9,12H,2H2,1H3. The number of carbonyl (C=O) groups excluding carboxylic acids is 2. The lowest BCUT2D eigenvalue weighted by Crippen LogP contribution is -2.38. The summed E-state index contributed by atoms with van der Waals surface area (Å²) in [5.41, 5.74) is 0. The van der Waals surface area contributed by atoms with E-state index in [-0.39, 0.29) is 0 Å². The summed E-state index contributed by atoms with van der Waals surface area (Å²) in [7, 11) is 0. The molecule has 0 radical (unpaired) electrons. The fraction of sp³-hybridized carbons (Fsp3) is 0.714. The van der Waals surface area contributed by atoms with Gasteiger partial charge >= 0.3 is 5.97 Å². The van der Waals surface area contributed by atoms with E-state index in [1.54, 1.807) is 0 Å². The molecule has 0 aliphatic heterocycles. The van der Waals surface area contributed by atoms with Crippen molar-refractivity contribution in [2.75, 3.05) is 6.61 Å². The number of esters is 1. The molecular weight excluding hydrogens is 244 g/mol. The van der Waals surface area contributed by atoms with E-state index in [1.807, 2.05) is 0 Å². The lowest BCUT2D eigenvalue weighted by atomic mass is 10.2. The van der Waals surface area contributed by atoms with Crippen LogP contribution in [-0.2, 0) is 14.3 Å². The van der Waals surface area contributed by atoms with Gasteiger partial charge in [0.15, 0.2) is 12.4 Å². The summed E-state index contributed by atoms with van der Waals surface area (Å²) in [4.78, 5) is 20.1. The summed E-state index contributed by atoms with van der Waals surface area (Å²) in [5, 5.41) is 17.6. The van der Waals surface area contributed by atoms with Gasteiger partial charge in [-0.2, -0.15) is 0 Å². The number of hydrogen-bond donors (Lipinski definition) is 2. The summed E-state index contributed by atoms with van der Waals surface area (Å²) in [6.45, 7) is 0.642. The third kappa shape index (κ3) is 4.35. The van der Waals surface area contributed by atoms with Crippen molar-refractivity contribution in [3.8, 4) is 0 Å². The quantitative estimate of drug-likeness (QED) is 0.383. The summed E-state index contributed by atoms with van der Waals surface area (Å²) in [6, 6.07) is 0. The minimum Gasteiger partial charge on any atom is -0.454 e. The fourth-order valence-corrected chi connectivity index (χ4v) is 1.08. The second-order valence-electron chi connectivity index (χ2n) is 2.40. The molecule has 0 aromatic carbocycles. The molecular formula is C7H11BrO5. The Balaban J connectivity index is 4.21. The Labute approximate surface area is 83.8 Å². The average Bonchev–Trinajstić information content (AvgIpc) is 2.11. The van der Waals surface area contributed by atoms with Crippen LogP contribution in [0.15, 0.2) is 0 Å². The Bertz CT molecular complexity index is 184. The second kappa shape index (κ2) is 6.06. The number of rotatable bonds is 5. The van der Waals surface area contributed by atoms with Gasteiger partial charge in [0.05, 0.1) is 17.5 Å². The minimum absolute atomic E-state index is 0.389. The first-order valence-corrected chi connectivity index (χ1v) is 4.50. The van der Waals surface area contributed by atoms with E-state index in [0.717, 1.165) is 6.92 Å². The van der Waals surface area contributed by atoms with Crippen molar-refractivity contribution >= 4 is 28.2 Å². The lowest BCUT2D eigenvalue weighted by Gasteiger charge is -2.20. The van der Waals surface area contributed by atoms with Gasteiger partial charge in [-0.05, 0) is 0 Å². The molecule has 2 N–H and O–H groups in total. The predicted molar refractivity (Wildman–Crippen MR) is 47.4 cm³/mol. The van der Waals surface area contributed by atoms with Crippen molar-refractivity contribution in [2.45, 2.75) is 24.0 Å². The van der Waals surface area contributed by atoms with Crippen LogP contribution < -0.4 is 0 Å². The summed E-state index contributed by atoms with van der Waals surface area (Å²) in [5.74, 6) is -0.619. The molecule has 0 aliphatic carbocycles. The maximum absolute atomic E-state index is 10.5. The molecule has 0 saturated carbocycles. The Morgan fingerprint density at radius 2 is 2.23 bits per heavy atom. The molecule has 0 aliphatic rings. The molecule has 13 heavy (non-hydrogen) atoms. The maximum Gasteiger partial charge on any atom is 0.303 e. The maximum atomic E-state index is 10.5. The molecule has 0 fully saturated rings. The van der Waals surface area contributed by atoms with Crippen molar-refractivity contribution in [1.82, 2.24) is 0 Å². The number of aliphatic hydroxyl groups is 2. The van der Waals surface area contributed by atoms with E-state index in [4.69, 9.17) is 10.2 Å². The van der Waals surface area contributed by atoms with Crippen LogP contribution >= 0.6 is 15.9 Å². The SMILES string of the molecule is CC(=O)OC(C=O)C(Br)C(O)CO. The zero-order valence-corrected chi connectivity index (χ0v) is 8.60. The smallest absolute Gasteiger partial charge is 0.303 e. The number of ether oxygens (including phenoxy) is 1. The molecule has 0 saturated heterocycles. The van der Waals surface area contributed by atoms with Crippen molar-refractivity contribution < 1.29 is 24.5 Å². The van der Waals surface area contributed by atoms with Gasteiger partial charge in [0, 0.05) is 6.92 Å². The van der Waals surface area contributed by atoms with E-state index in [0.29, 0.717) is 6.29 Å². The largest absolute Gasteiger partial charge is 0.454 e. The molecule has 3 atom stereocenters. The van der Waals surface area contributed by atoms with Gasteiger partial charge in [-0.3, -0.25) is 9.59 Å². The van der Waals surface area contributed by atoms with Crippen LogP contribution in [0, 0.1) is 0 Å². The van der Waals surface area contributed by atoms with Gasteiger partial charge in [0.2, 0.25) is 0 Å². The normalized spacial score (nSPS) is 17.2. The molecule has 5 nitrogen and oxygen atoms in total. The molecule has 0 spiro atoms. The first-order chi connectivity index (χ1) is 6.02. The monoisotopic (exact) mass is 254 g/mol. The zero-order chi connectivity index (χ0) is 10.4. The second-order valence-corrected chi connectivity index (χ2v) is 3.46. The predicted octanol–water partition coefficient (Wildman–Crippen LogP) is -0.766. The molecule has 6 heteroatoms. The molecule has 0 aromatic heterocycles. The topological polar surface area (TPSA) is 83.8 Å². The van der Waals surface area contributed by atoms with Crippen LogP contribution in [0.5, 0.6) is 0 Å². The first-order valence-electron chi connectivity index (χ1n) is 3.58. The third-order valence-corrected chi connectivity index (χ3v) is 2.44. The molecule has 76 valence electrons. The van der Waals surface area contributed by atoms with E-state index in [9.17, 15) is 9.59 Å². The fourth-order valence-electron chi connectivity index (χ4n) is 0.679. The molecule has 0 bridgehead atoms. The van der Waals surface area contributed by atoms with E-state index in [2.05, 4.69) is 20.7 Å². The number of hydrogen-bond acceptors (Lipinski definition) is 5. The number of aliphatic hydroxyl groups excluding tert-OH is 2. The van der Waals surface area contributed by atoms with Gasteiger partial charge in [-0.1, -0.05) is 15.9 Å². The van der Waals surface area contributed by atoms with Gasteiger partial charge in [-0.25, -0.2) is 0 Å². The van der Waals surface area contributed by atoms with Gasteiger partial charge in [0.1, 0.15) is 0 Å². The number of alkyl halides is 1. The van der Waals surface area contributed by atoms with Crippen molar-refractivity contribution in [2.24, 2.45) is 0 Å². The summed E-state index contributed by atoms with van der Waals surface area (Å²) < 4.78 is 4.56. The Morgan fingerprint density at radius 1 is 1.69 bits per heavy atom. The van der Waals surface area contributed by atoms with Crippen LogP contribution in [-0.4, -0.2) is 46.1 Å². The van der Waals surface area contributed by atoms with Gasteiger partial charge < -0.3 is 14.9 Å². The highest BCUT2D eigenvalue weighted by Gasteiger charge is 2.27. The zero-order valence-electron chi connectivity index (χ0n) is 7.01. The van der Waals surface area contributed by atoms with Crippen LogP contribution in [0.3, 0.4) is 0 Å². The number of halogens is 1. The Hall–Kier alpha value is -0.460. The highest BCUT2D eigenvalue weighted by atomic mass is 79.9. The summed E-state index contributed by atoms with van der Waals surface area (Å²) >= 11 is 2.94. The molecule has 0 heterocycles. The van der Waals surface area contributed by atoms with E-state index < -0.39 is 29.6 Å². The molecule has 3 unspecified atom stereocenters. The molecule has 0 rings (SSSR count). The summed E-state index contributed by atoms with van der Waals surface area (Å²) in [6.07, 6.45) is -1.84. The van der Waals surface area contributed by atoms with Crippen LogP contribution in [0.25, 0.3) is 0 Å². The highest BCUT2D eigenvalue weighted by Crippen LogP contribution is 2.12. The molecule has 0 amide bonds. The molecule has 0 aromatic rings. The third-order valence-electron chi connectivity index (χ3n) is 1.30.